The van der Waals surface area contributed by atoms with Crippen LogP contribution in [0, 0.1) is 5.92 Å². The fourth-order valence-electron chi connectivity index (χ4n) is 2.29. The number of rotatable bonds is 3. The standard InChI is InChI=1S/C13H16O2/c1-3-11-12(8-13(11)14)9-4-6-10(15-2)7-5-9/h4-7,11-12H,3,8H2,1-2H3. The number of hydrogen-bond acceptors (Lipinski definition) is 2. The topological polar surface area (TPSA) is 26.3 Å². The van der Waals surface area contributed by atoms with Crippen LogP contribution in [0.25, 0.3) is 0 Å². The van der Waals surface area contributed by atoms with Crippen LogP contribution >= 0.6 is 0 Å². The summed E-state index contributed by atoms with van der Waals surface area (Å²) in [5, 5.41) is 0. The normalized spacial score (nSPS) is 24.8. The smallest absolute Gasteiger partial charge is 0.137 e. The average Bonchev–Trinajstić information content (AvgIpc) is 2.26. The maximum atomic E-state index is 11.3. The molecule has 0 radical (unpaired) electrons. The Morgan fingerprint density at radius 3 is 2.47 bits per heavy atom. The third-order valence-electron chi connectivity index (χ3n) is 3.30. The highest BCUT2D eigenvalue weighted by molar-refractivity contribution is 5.89. The van der Waals surface area contributed by atoms with Crippen molar-refractivity contribution in [1.82, 2.24) is 0 Å². The van der Waals surface area contributed by atoms with Crippen LogP contribution in [0.1, 0.15) is 31.2 Å². The van der Waals surface area contributed by atoms with Crippen LogP contribution in [-0.2, 0) is 4.79 Å². The van der Waals surface area contributed by atoms with Gasteiger partial charge < -0.3 is 4.74 Å². The Morgan fingerprint density at radius 2 is 2.00 bits per heavy atom. The molecule has 0 aromatic heterocycles. The number of ketones is 1. The molecule has 0 N–H and O–H groups in total. The first kappa shape index (κ1) is 10.2. The van der Waals surface area contributed by atoms with Gasteiger partial charge in [0, 0.05) is 18.3 Å². The molecule has 1 aliphatic rings. The van der Waals surface area contributed by atoms with Crippen molar-refractivity contribution in [3.63, 3.8) is 0 Å². The Balaban J connectivity index is 2.13. The molecular formula is C13H16O2. The number of carbonyl (C=O) groups excluding carboxylic acids is 1. The Morgan fingerprint density at radius 1 is 1.33 bits per heavy atom. The van der Waals surface area contributed by atoms with Crippen LogP contribution < -0.4 is 4.74 Å². The summed E-state index contributed by atoms with van der Waals surface area (Å²) in [4.78, 5) is 11.3. The molecule has 15 heavy (non-hydrogen) atoms. The Kier molecular flexibility index (Phi) is 2.76. The van der Waals surface area contributed by atoms with Crippen molar-refractivity contribution in [1.29, 1.82) is 0 Å². The van der Waals surface area contributed by atoms with E-state index in [1.165, 1.54) is 5.56 Å². The third kappa shape index (κ3) is 1.76. The van der Waals surface area contributed by atoms with E-state index in [0.29, 0.717) is 18.1 Å². The summed E-state index contributed by atoms with van der Waals surface area (Å²) in [5.74, 6) is 1.97. The van der Waals surface area contributed by atoms with Crippen molar-refractivity contribution in [3.8, 4) is 5.75 Å². The Bertz CT molecular complexity index is 353. The van der Waals surface area contributed by atoms with Crippen LogP contribution in [0.3, 0.4) is 0 Å². The zero-order valence-corrected chi connectivity index (χ0v) is 9.19. The summed E-state index contributed by atoms with van der Waals surface area (Å²) >= 11 is 0. The van der Waals surface area contributed by atoms with Gasteiger partial charge in [0.25, 0.3) is 0 Å². The van der Waals surface area contributed by atoms with E-state index in [1.54, 1.807) is 7.11 Å². The first-order chi connectivity index (χ1) is 7.26. The van der Waals surface area contributed by atoms with Crippen molar-refractivity contribution in [3.05, 3.63) is 29.8 Å². The summed E-state index contributed by atoms with van der Waals surface area (Å²) in [6, 6.07) is 8.06. The molecule has 1 fully saturated rings. The lowest BCUT2D eigenvalue weighted by Gasteiger charge is -2.34. The Hall–Kier alpha value is -1.31. The molecule has 2 rings (SSSR count). The van der Waals surface area contributed by atoms with Crippen LogP contribution in [0.5, 0.6) is 5.75 Å². The molecule has 2 unspecified atom stereocenters. The van der Waals surface area contributed by atoms with Gasteiger partial charge in [0.2, 0.25) is 0 Å². The van der Waals surface area contributed by atoms with Gasteiger partial charge in [0.1, 0.15) is 11.5 Å². The van der Waals surface area contributed by atoms with Crippen molar-refractivity contribution in [2.24, 2.45) is 5.92 Å². The Labute approximate surface area is 90.3 Å². The highest BCUT2D eigenvalue weighted by Crippen LogP contribution is 2.41. The third-order valence-corrected chi connectivity index (χ3v) is 3.30. The van der Waals surface area contributed by atoms with Crippen molar-refractivity contribution >= 4 is 5.78 Å². The highest BCUT2D eigenvalue weighted by atomic mass is 16.5. The second-order valence-corrected chi connectivity index (χ2v) is 4.06. The number of methoxy groups -OCH3 is 1. The molecule has 0 saturated heterocycles. The zero-order valence-electron chi connectivity index (χ0n) is 9.19. The summed E-state index contributed by atoms with van der Waals surface area (Å²) in [6.45, 7) is 2.08. The summed E-state index contributed by atoms with van der Waals surface area (Å²) in [7, 11) is 1.66. The van der Waals surface area contributed by atoms with Gasteiger partial charge in [-0.05, 0) is 24.1 Å². The minimum absolute atomic E-state index is 0.249. The van der Waals surface area contributed by atoms with E-state index in [0.717, 1.165) is 12.2 Å². The maximum Gasteiger partial charge on any atom is 0.137 e. The molecule has 2 heteroatoms. The minimum Gasteiger partial charge on any atom is -0.497 e. The van der Waals surface area contributed by atoms with E-state index in [-0.39, 0.29) is 5.92 Å². The monoisotopic (exact) mass is 204 g/mol. The fraction of sp³-hybridized carbons (Fsp3) is 0.462. The predicted octanol–water partition coefficient (Wildman–Crippen LogP) is 2.78. The van der Waals surface area contributed by atoms with E-state index in [1.807, 2.05) is 12.1 Å². The molecular weight excluding hydrogens is 188 g/mol. The van der Waals surface area contributed by atoms with Gasteiger partial charge in [-0.1, -0.05) is 19.1 Å². The van der Waals surface area contributed by atoms with Gasteiger partial charge in [0.05, 0.1) is 7.11 Å². The predicted molar refractivity (Wildman–Crippen MR) is 59.1 cm³/mol. The molecule has 0 amide bonds. The number of hydrogen-bond donors (Lipinski definition) is 0. The molecule has 1 aromatic carbocycles. The van der Waals surface area contributed by atoms with Crippen LogP contribution in [0.2, 0.25) is 0 Å². The lowest BCUT2D eigenvalue weighted by atomic mass is 9.68. The van der Waals surface area contributed by atoms with Gasteiger partial charge in [-0.25, -0.2) is 0 Å². The second-order valence-electron chi connectivity index (χ2n) is 4.06. The fourth-order valence-corrected chi connectivity index (χ4v) is 2.29. The maximum absolute atomic E-state index is 11.3. The molecule has 1 aliphatic carbocycles. The number of carbonyl (C=O) groups is 1. The molecule has 2 atom stereocenters. The molecule has 1 aromatic rings. The molecule has 1 saturated carbocycles. The second kappa shape index (κ2) is 4.05. The molecule has 2 nitrogen and oxygen atoms in total. The van der Waals surface area contributed by atoms with Crippen molar-refractivity contribution in [2.45, 2.75) is 25.7 Å². The van der Waals surface area contributed by atoms with E-state index >= 15 is 0 Å². The molecule has 0 spiro atoms. The molecule has 0 bridgehead atoms. The first-order valence-corrected chi connectivity index (χ1v) is 5.43. The van der Waals surface area contributed by atoms with E-state index < -0.39 is 0 Å². The quantitative estimate of drug-likeness (QED) is 0.756. The number of Topliss-reactive ketones (excluding diaryl/α,β-unsaturated/α-hetero) is 1. The molecule has 0 aliphatic heterocycles. The minimum atomic E-state index is 0.249. The van der Waals surface area contributed by atoms with Crippen LogP contribution in [0.15, 0.2) is 24.3 Å². The molecule has 80 valence electrons. The van der Waals surface area contributed by atoms with Gasteiger partial charge >= 0.3 is 0 Å². The van der Waals surface area contributed by atoms with E-state index in [2.05, 4.69) is 19.1 Å². The summed E-state index contributed by atoms with van der Waals surface area (Å²) in [6.07, 6.45) is 1.67. The summed E-state index contributed by atoms with van der Waals surface area (Å²) in [5.41, 5.74) is 1.27. The first-order valence-electron chi connectivity index (χ1n) is 5.43. The molecule has 0 heterocycles. The number of ether oxygens (including phenoxy) is 1. The van der Waals surface area contributed by atoms with Crippen LogP contribution in [0.4, 0.5) is 0 Å². The van der Waals surface area contributed by atoms with E-state index in [9.17, 15) is 4.79 Å². The van der Waals surface area contributed by atoms with Gasteiger partial charge in [-0.2, -0.15) is 0 Å². The number of benzene rings is 1. The van der Waals surface area contributed by atoms with Gasteiger partial charge in [-0.3, -0.25) is 4.79 Å². The van der Waals surface area contributed by atoms with Crippen LogP contribution in [-0.4, -0.2) is 12.9 Å². The van der Waals surface area contributed by atoms with Gasteiger partial charge in [0.15, 0.2) is 0 Å². The van der Waals surface area contributed by atoms with Gasteiger partial charge in [-0.15, -0.1) is 0 Å². The highest BCUT2D eigenvalue weighted by Gasteiger charge is 2.38. The van der Waals surface area contributed by atoms with Crippen molar-refractivity contribution < 1.29 is 9.53 Å². The average molecular weight is 204 g/mol. The zero-order chi connectivity index (χ0) is 10.8. The lowest BCUT2D eigenvalue weighted by Crippen LogP contribution is -2.34. The SMILES string of the molecule is CCC1C(=O)CC1c1ccc(OC)cc1. The summed E-state index contributed by atoms with van der Waals surface area (Å²) < 4.78 is 5.11. The van der Waals surface area contributed by atoms with E-state index in [4.69, 9.17) is 4.74 Å². The van der Waals surface area contributed by atoms with Crippen molar-refractivity contribution in [2.75, 3.05) is 7.11 Å². The lowest BCUT2D eigenvalue weighted by molar-refractivity contribution is -0.131. The largest absolute Gasteiger partial charge is 0.497 e.